The van der Waals surface area contributed by atoms with Gasteiger partial charge >= 0.3 is 0 Å². The van der Waals surface area contributed by atoms with Crippen LogP contribution in [0.15, 0.2) is 58.6 Å². The number of ether oxygens (including phenoxy) is 1. The molecule has 2 aromatic rings. The first-order valence-corrected chi connectivity index (χ1v) is 7.52. The second-order valence-electron chi connectivity index (χ2n) is 4.54. The van der Waals surface area contributed by atoms with Gasteiger partial charge in [-0.2, -0.15) is 5.26 Å². The summed E-state index contributed by atoms with van der Waals surface area (Å²) in [6, 6.07) is 15.9. The Morgan fingerprint density at radius 2 is 2.00 bits per heavy atom. The van der Waals surface area contributed by atoms with Gasteiger partial charge in [-0.25, -0.2) is 0 Å². The van der Waals surface area contributed by atoms with E-state index >= 15 is 0 Å². The third-order valence-electron chi connectivity index (χ3n) is 2.98. The number of halogens is 1. The van der Waals surface area contributed by atoms with Crippen LogP contribution >= 0.6 is 15.9 Å². The summed E-state index contributed by atoms with van der Waals surface area (Å²) in [5, 5.41) is 9.33. The van der Waals surface area contributed by atoms with Gasteiger partial charge < -0.3 is 4.74 Å². The molecule has 112 valence electrons. The maximum absolute atomic E-state index is 12.4. The molecule has 0 saturated heterocycles. The van der Waals surface area contributed by atoms with Gasteiger partial charge in [-0.3, -0.25) is 4.79 Å². The molecule has 0 unspecified atom stereocenters. The molecule has 0 aliphatic heterocycles. The number of rotatable bonds is 5. The summed E-state index contributed by atoms with van der Waals surface area (Å²) in [4.78, 5) is 12.4. The summed E-state index contributed by atoms with van der Waals surface area (Å²) >= 11 is 3.37. The van der Waals surface area contributed by atoms with Gasteiger partial charge in [-0.1, -0.05) is 52.2 Å². The van der Waals surface area contributed by atoms with Gasteiger partial charge in [0, 0.05) is 15.6 Å². The van der Waals surface area contributed by atoms with E-state index in [9.17, 15) is 10.1 Å². The summed E-state index contributed by atoms with van der Waals surface area (Å²) in [5.74, 6) is 2.56. The minimum atomic E-state index is -0.337. The Balaban J connectivity index is 2.42. The van der Waals surface area contributed by atoms with Crippen molar-refractivity contribution in [3.05, 3.63) is 69.7 Å². The zero-order valence-electron chi connectivity index (χ0n) is 12.1. The van der Waals surface area contributed by atoms with Crippen LogP contribution in [0.5, 0.6) is 5.75 Å². The van der Waals surface area contributed by atoms with E-state index in [4.69, 9.17) is 11.2 Å². The molecule has 3 nitrogen and oxygen atoms in total. The predicted molar refractivity (Wildman–Crippen MR) is 92.8 cm³/mol. The monoisotopic (exact) mass is 365 g/mol. The molecule has 0 bridgehead atoms. The lowest BCUT2D eigenvalue weighted by Gasteiger charge is -2.08. The van der Waals surface area contributed by atoms with Crippen LogP contribution in [0.25, 0.3) is 6.08 Å². The minimum absolute atomic E-state index is 0.0276. The van der Waals surface area contributed by atoms with Crippen LogP contribution in [-0.4, -0.2) is 12.4 Å². The van der Waals surface area contributed by atoms with Crippen molar-refractivity contribution in [3.63, 3.8) is 0 Å². The van der Waals surface area contributed by atoms with Crippen molar-refractivity contribution in [3.8, 4) is 24.2 Å². The van der Waals surface area contributed by atoms with Crippen molar-refractivity contribution in [2.75, 3.05) is 6.61 Å². The minimum Gasteiger partial charge on any atom is -0.480 e. The summed E-state index contributed by atoms with van der Waals surface area (Å²) < 4.78 is 6.26. The highest BCUT2D eigenvalue weighted by Crippen LogP contribution is 2.26. The molecule has 0 aromatic heterocycles. The number of hydrogen-bond donors (Lipinski definition) is 0. The summed E-state index contributed by atoms with van der Waals surface area (Å²) in [6.07, 6.45) is 6.71. The lowest BCUT2D eigenvalue weighted by atomic mass is 10.0. The Labute approximate surface area is 143 Å². The van der Waals surface area contributed by atoms with Crippen LogP contribution in [0.3, 0.4) is 0 Å². The topological polar surface area (TPSA) is 50.1 Å². The first-order chi connectivity index (χ1) is 11.2. The van der Waals surface area contributed by atoms with Gasteiger partial charge in [0.2, 0.25) is 5.78 Å². The van der Waals surface area contributed by atoms with E-state index in [1.165, 1.54) is 6.08 Å². The maximum Gasteiger partial charge on any atom is 0.203 e. The van der Waals surface area contributed by atoms with Crippen molar-refractivity contribution in [2.24, 2.45) is 0 Å². The number of carbonyl (C=O) groups excluding carboxylic acids is 1. The first-order valence-electron chi connectivity index (χ1n) is 6.73. The standard InChI is InChI=1S/C19H12BrNO2/c1-2-10-23-18-9-8-17(20)12-15(18)11-16(13-21)19(22)14-6-4-3-5-7-14/h1,3-9,11-12H,10H2. The van der Waals surface area contributed by atoms with E-state index in [1.807, 2.05) is 12.1 Å². The smallest absolute Gasteiger partial charge is 0.203 e. The van der Waals surface area contributed by atoms with Crippen LogP contribution in [0, 0.1) is 23.7 Å². The van der Waals surface area contributed by atoms with E-state index < -0.39 is 0 Å². The Hall–Kier alpha value is -2.82. The van der Waals surface area contributed by atoms with Crippen molar-refractivity contribution in [1.29, 1.82) is 5.26 Å². The van der Waals surface area contributed by atoms with E-state index in [0.717, 1.165) is 4.47 Å². The quantitative estimate of drug-likeness (QED) is 0.344. The molecule has 0 N–H and O–H groups in total. The molecule has 0 spiro atoms. The highest BCUT2D eigenvalue weighted by Gasteiger charge is 2.13. The molecule has 0 saturated carbocycles. The fourth-order valence-electron chi connectivity index (χ4n) is 1.93. The Kier molecular flexibility index (Phi) is 5.74. The molecule has 23 heavy (non-hydrogen) atoms. The van der Waals surface area contributed by atoms with Gasteiger partial charge in [-0.05, 0) is 24.3 Å². The molecular weight excluding hydrogens is 354 g/mol. The number of Topliss-reactive ketones (excluding diaryl/α,β-unsaturated/α-hetero) is 1. The van der Waals surface area contributed by atoms with Crippen LogP contribution in [0.2, 0.25) is 0 Å². The van der Waals surface area contributed by atoms with Gasteiger partial charge in [0.05, 0.1) is 0 Å². The van der Waals surface area contributed by atoms with E-state index in [0.29, 0.717) is 16.9 Å². The number of nitrogens with zero attached hydrogens (tertiary/aromatic N) is 1. The third kappa shape index (κ3) is 4.32. The number of benzene rings is 2. The van der Waals surface area contributed by atoms with Crippen molar-refractivity contribution in [2.45, 2.75) is 0 Å². The van der Waals surface area contributed by atoms with E-state index in [1.54, 1.807) is 42.5 Å². The summed E-state index contributed by atoms with van der Waals surface area (Å²) in [7, 11) is 0. The molecule has 0 heterocycles. The molecule has 0 aliphatic rings. The molecule has 0 radical (unpaired) electrons. The van der Waals surface area contributed by atoms with Gasteiger partial charge in [0.15, 0.2) is 0 Å². The average molecular weight is 366 g/mol. The van der Waals surface area contributed by atoms with Crippen LogP contribution in [0.4, 0.5) is 0 Å². The largest absolute Gasteiger partial charge is 0.480 e. The number of allylic oxidation sites excluding steroid dienone is 1. The van der Waals surface area contributed by atoms with Crippen LogP contribution in [0.1, 0.15) is 15.9 Å². The van der Waals surface area contributed by atoms with E-state index in [-0.39, 0.29) is 18.0 Å². The molecule has 2 rings (SSSR count). The molecule has 0 fully saturated rings. The molecule has 2 aromatic carbocycles. The number of carbonyl (C=O) groups is 1. The van der Waals surface area contributed by atoms with Crippen molar-refractivity contribution < 1.29 is 9.53 Å². The second-order valence-corrected chi connectivity index (χ2v) is 5.46. The molecular formula is C19H12BrNO2. The van der Waals surface area contributed by atoms with Crippen LogP contribution < -0.4 is 4.74 Å². The van der Waals surface area contributed by atoms with Gasteiger partial charge in [-0.15, -0.1) is 6.42 Å². The lowest BCUT2D eigenvalue weighted by Crippen LogP contribution is -2.02. The third-order valence-corrected chi connectivity index (χ3v) is 3.48. The van der Waals surface area contributed by atoms with Crippen molar-refractivity contribution >= 4 is 27.8 Å². The molecule has 0 atom stereocenters. The SMILES string of the molecule is C#CCOc1ccc(Br)cc1C=C(C#N)C(=O)c1ccccc1. The number of terminal acetylenes is 1. The summed E-state index contributed by atoms with van der Waals surface area (Å²) in [5.41, 5.74) is 1.09. The Morgan fingerprint density at radius 1 is 1.26 bits per heavy atom. The number of ketones is 1. The normalized spacial score (nSPS) is 10.5. The molecule has 0 amide bonds. The lowest BCUT2D eigenvalue weighted by molar-refractivity contribution is 0.104. The first kappa shape index (κ1) is 16.5. The fraction of sp³-hybridized carbons (Fsp3) is 0.0526. The Morgan fingerprint density at radius 3 is 2.65 bits per heavy atom. The summed E-state index contributed by atoms with van der Waals surface area (Å²) in [6.45, 7) is 0.108. The van der Waals surface area contributed by atoms with Crippen LogP contribution in [-0.2, 0) is 0 Å². The van der Waals surface area contributed by atoms with Crippen molar-refractivity contribution in [1.82, 2.24) is 0 Å². The number of nitriles is 1. The average Bonchev–Trinajstić information content (AvgIpc) is 2.59. The highest BCUT2D eigenvalue weighted by atomic mass is 79.9. The van der Waals surface area contributed by atoms with Gasteiger partial charge in [0.1, 0.15) is 24.0 Å². The zero-order valence-corrected chi connectivity index (χ0v) is 13.7. The maximum atomic E-state index is 12.4. The molecule has 0 aliphatic carbocycles. The second kappa shape index (κ2) is 7.98. The Bertz CT molecular complexity index is 827. The van der Waals surface area contributed by atoms with E-state index in [2.05, 4.69) is 21.9 Å². The highest BCUT2D eigenvalue weighted by molar-refractivity contribution is 9.10. The predicted octanol–water partition coefficient (Wildman–Crippen LogP) is 4.25. The fourth-order valence-corrected chi connectivity index (χ4v) is 2.31. The number of hydrogen-bond acceptors (Lipinski definition) is 3. The molecule has 4 heteroatoms. The van der Waals surface area contributed by atoms with Gasteiger partial charge in [0.25, 0.3) is 0 Å². The zero-order chi connectivity index (χ0) is 16.7.